The van der Waals surface area contributed by atoms with Crippen LogP contribution in [0.3, 0.4) is 0 Å². The zero-order valence-electron chi connectivity index (χ0n) is 17.5. The van der Waals surface area contributed by atoms with Gasteiger partial charge >= 0.3 is 5.97 Å². The highest BCUT2D eigenvalue weighted by molar-refractivity contribution is 6.07. The quantitative estimate of drug-likeness (QED) is 0.400. The zero-order chi connectivity index (χ0) is 22.0. The molecule has 0 aliphatic heterocycles. The van der Waals surface area contributed by atoms with Crippen LogP contribution in [0.5, 0.6) is 11.5 Å². The summed E-state index contributed by atoms with van der Waals surface area (Å²) in [6, 6.07) is 12.7. The molecule has 0 fully saturated rings. The molecule has 0 aliphatic rings. The standard InChI is InChI=1S/C24H21FN2O4.ClH/c1-3-30-24(29)23-19-12-22(28)18(15-5-4-10-26-13-15)11-20(19)27(2)21(23)14-31-17-8-6-16(25)7-9-17;/h4-13,28H,3,14H2,1-2H3;1H. The van der Waals surface area contributed by atoms with Crippen LogP contribution in [0.1, 0.15) is 23.0 Å². The Morgan fingerprint density at radius 3 is 2.59 bits per heavy atom. The van der Waals surface area contributed by atoms with Gasteiger partial charge in [0.15, 0.2) is 0 Å². The van der Waals surface area contributed by atoms with Gasteiger partial charge in [-0.05, 0) is 49.4 Å². The first-order chi connectivity index (χ1) is 15.0. The molecule has 0 saturated heterocycles. The van der Waals surface area contributed by atoms with Gasteiger partial charge in [-0.3, -0.25) is 4.98 Å². The van der Waals surface area contributed by atoms with Crippen molar-refractivity contribution in [1.82, 2.24) is 9.55 Å². The van der Waals surface area contributed by atoms with Gasteiger partial charge in [-0.25, -0.2) is 9.18 Å². The lowest BCUT2D eigenvalue weighted by molar-refractivity contribution is 0.0525. The molecule has 4 rings (SSSR count). The summed E-state index contributed by atoms with van der Waals surface area (Å²) in [5.74, 6) is -0.357. The first-order valence-corrected chi connectivity index (χ1v) is 9.79. The van der Waals surface area contributed by atoms with Crippen LogP contribution in [0.2, 0.25) is 0 Å². The Morgan fingerprint density at radius 2 is 1.94 bits per heavy atom. The van der Waals surface area contributed by atoms with E-state index in [1.807, 2.05) is 23.7 Å². The van der Waals surface area contributed by atoms with Gasteiger partial charge in [0.25, 0.3) is 0 Å². The summed E-state index contributed by atoms with van der Waals surface area (Å²) < 4.78 is 26.1. The number of hydrogen-bond donors (Lipinski definition) is 1. The van der Waals surface area contributed by atoms with Crippen molar-refractivity contribution in [2.24, 2.45) is 7.05 Å². The second kappa shape index (κ2) is 9.70. The molecule has 4 aromatic rings. The number of rotatable bonds is 6. The summed E-state index contributed by atoms with van der Waals surface area (Å²) >= 11 is 0. The molecule has 0 amide bonds. The van der Waals surface area contributed by atoms with Gasteiger partial charge in [-0.15, -0.1) is 12.4 Å². The first-order valence-electron chi connectivity index (χ1n) is 9.79. The summed E-state index contributed by atoms with van der Waals surface area (Å²) in [7, 11) is 1.82. The van der Waals surface area contributed by atoms with Crippen molar-refractivity contribution in [2.75, 3.05) is 6.61 Å². The van der Waals surface area contributed by atoms with Crippen molar-refractivity contribution in [3.05, 3.63) is 78.0 Å². The van der Waals surface area contributed by atoms with E-state index in [0.29, 0.717) is 28.0 Å². The molecule has 0 radical (unpaired) electrons. The molecule has 2 heterocycles. The summed E-state index contributed by atoms with van der Waals surface area (Å²) in [5, 5.41) is 11.2. The molecule has 0 spiro atoms. The van der Waals surface area contributed by atoms with E-state index in [0.717, 1.165) is 11.1 Å². The number of pyridine rings is 1. The normalized spacial score (nSPS) is 10.6. The molecule has 0 atom stereocenters. The fourth-order valence-electron chi connectivity index (χ4n) is 3.56. The lowest BCUT2D eigenvalue weighted by Gasteiger charge is -2.10. The van der Waals surface area contributed by atoms with Crippen LogP contribution in [0.15, 0.2) is 60.9 Å². The van der Waals surface area contributed by atoms with Crippen molar-refractivity contribution in [2.45, 2.75) is 13.5 Å². The van der Waals surface area contributed by atoms with Gasteiger partial charge in [0, 0.05) is 41.5 Å². The fourth-order valence-corrected chi connectivity index (χ4v) is 3.56. The maximum atomic E-state index is 13.2. The number of carbonyl (C=O) groups is 1. The van der Waals surface area contributed by atoms with E-state index in [1.165, 1.54) is 24.3 Å². The molecule has 32 heavy (non-hydrogen) atoms. The highest BCUT2D eigenvalue weighted by atomic mass is 35.5. The summed E-state index contributed by atoms with van der Waals surface area (Å²) in [6.45, 7) is 2.01. The number of aryl methyl sites for hydroxylation is 1. The SMILES string of the molecule is CCOC(=O)c1c(COc2ccc(F)cc2)n(C)c2cc(-c3cccnc3)c(O)cc12.Cl. The van der Waals surface area contributed by atoms with Crippen molar-refractivity contribution in [1.29, 1.82) is 0 Å². The number of benzene rings is 2. The summed E-state index contributed by atoms with van der Waals surface area (Å²) in [6.07, 6.45) is 3.32. The largest absolute Gasteiger partial charge is 0.507 e. The minimum absolute atomic E-state index is 0. The van der Waals surface area contributed by atoms with Crippen molar-refractivity contribution in [3.63, 3.8) is 0 Å². The predicted molar refractivity (Wildman–Crippen MR) is 122 cm³/mol. The molecular weight excluding hydrogens is 435 g/mol. The maximum absolute atomic E-state index is 13.2. The molecule has 166 valence electrons. The van der Waals surface area contributed by atoms with Gasteiger partial charge in [-0.2, -0.15) is 0 Å². The van der Waals surface area contributed by atoms with Crippen molar-refractivity contribution >= 4 is 29.3 Å². The summed E-state index contributed by atoms with van der Waals surface area (Å²) in [4.78, 5) is 16.9. The molecule has 1 N–H and O–H groups in total. The first kappa shape index (κ1) is 23.1. The average Bonchev–Trinajstić information content (AvgIpc) is 3.04. The molecule has 0 aliphatic carbocycles. The molecular formula is C24H22ClFN2O4. The van der Waals surface area contributed by atoms with Crippen LogP contribution in [0.25, 0.3) is 22.0 Å². The second-order valence-electron chi connectivity index (χ2n) is 6.97. The van der Waals surface area contributed by atoms with Gasteiger partial charge in [0.2, 0.25) is 0 Å². The summed E-state index contributed by atoms with van der Waals surface area (Å²) in [5.41, 5.74) is 3.00. The topological polar surface area (TPSA) is 73.6 Å². The minimum Gasteiger partial charge on any atom is -0.507 e. The van der Waals surface area contributed by atoms with E-state index in [9.17, 15) is 14.3 Å². The molecule has 6 nitrogen and oxygen atoms in total. The van der Waals surface area contributed by atoms with Crippen LogP contribution < -0.4 is 4.74 Å². The second-order valence-corrected chi connectivity index (χ2v) is 6.97. The Hall–Kier alpha value is -3.58. The third-order valence-corrected chi connectivity index (χ3v) is 5.08. The molecule has 2 aromatic heterocycles. The number of nitrogens with zero attached hydrogens (tertiary/aromatic N) is 2. The number of aromatic nitrogens is 2. The Morgan fingerprint density at radius 1 is 1.19 bits per heavy atom. The number of phenolic OH excluding ortho intramolecular Hbond substituents is 1. The molecule has 0 bridgehead atoms. The highest BCUT2D eigenvalue weighted by Gasteiger charge is 2.24. The van der Waals surface area contributed by atoms with Gasteiger partial charge in [-0.1, -0.05) is 6.07 Å². The number of fused-ring (bicyclic) bond motifs is 1. The van der Waals surface area contributed by atoms with Gasteiger partial charge in [0.1, 0.15) is 23.9 Å². The zero-order valence-corrected chi connectivity index (χ0v) is 18.4. The average molecular weight is 457 g/mol. The Labute approximate surface area is 190 Å². The van der Waals surface area contributed by atoms with Crippen LogP contribution in [-0.2, 0) is 18.4 Å². The van der Waals surface area contributed by atoms with E-state index in [4.69, 9.17) is 9.47 Å². The number of phenols is 1. The van der Waals surface area contributed by atoms with E-state index >= 15 is 0 Å². The van der Waals surface area contributed by atoms with E-state index in [1.54, 1.807) is 31.5 Å². The fraction of sp³-hybridized carbons (Fsp3) is 0.167. The smallest absolute Gasteiger partial charge is 0.340 e. The van der Waals surface area contributed by atoms with Gasteiger partial charge < -0.3 is 19.1 Å². The lowest BCUT2D eigenvalue weighted by Crippen LogP contribution is -2.11. The highest BCUT2D eigenvalue weighted by Crippen LogP contribution is 2.37. The molecule has 0 unspecified atom stereocenters. The van der Waals surface area contributed by atoms with Crippen LogP contribution in [0.4, 0.5) is 4.39 Å². The van der Waals surface area contributed by atoms with E-state index in [-0.39, 0.29) is 37.2 Å². The Balaban J connectivity index is 0.00000289. The molecule has 2 aromatic carbocycles. The third-order valence-electron chi connectivity index (χ3n) is 5.08. The number of hydrogen-bond acceptors (Lipinski definition) is 5. The number of carbonyl (C=O) groups excluding carboxylic acids is 1. The van der Waals surface area contributed by atoms with E-state index in [2.05, 4.69) is 4.98 Å². The maximum Gasteiger partial charge on any atom is 0.340 e. The van der Waals surface area contributed by atoms with E-state index < -0.39 is 5.97 Å². The van der Waals surface area contributed by atoms with Crippen LogP contribution >= 0.6 is 12.4 Å². The Bertz CT molecular complexity index is 1240. The predicted octanol–water partition coefficient (Wildman–Crippen LogP) is 5.26. The minimum atomic E-state index is -0.501. The monoisotopic (exact) mass is 456 g/mol. The number of aromatic hydroxyl groups is 1. The lowest BCUT2D eigenvalue weighted by atomic mass is 10.0. The third kappa shape index (κ3) is 4.38. The van der Waals surface area contributed by atoms with Crippen LogP contribution in [-0.4, -0.2) is 27.2 Å². The number of esters is 1. The molecule has 8 heteroatoms. The van der Waals surface area contributed by atoms with Crippen LogP contribution in [0, 0.1) is 5.82 Å². The van der Waals surface area contributed by atoms with Gasteiger partial charge in [0.05, 0.1) is 17.9 Å². The Kier molecular flexibility index (Phi) is 7.00. The molecule has 0 saturated carbocycles. The van der Waals surface area contributed by atoms with Crippen molar-refractivity contribution in [3.8, 4) is 22.6 Å². The van der Waals surface area contributed by atoms with Crippen molar-refractivity contribution < 1.29 is 23.8 Å². The number of halogens is 2. The number of ether oxygens (including phenoxy) is 2.